The quantitative estimate of drug-likeness (QED) is 0.471. The molecule has 2 nitrogen and oxygen atoms in total. The molecule has 1 aromatic rings. The first-order valence-corrected chi connectivity index (χ1v) is 9.95. The van der Waals surface area contributed by atoms with Gasteiger partial charge in [0, 0.05) is 0 Å². The van der Waals surface area contributed by atoms with Crippen LogP contribution in [0.5, 0.6) is 5.75 Å². The van der Waals surface area contributed by atoms with Gasteiger partial charge in [-0.2, -0.15) is 0 Å². The molecule has 0 unspecified atom stereocenters. The molecule has 1 aromatic carbocycles. The van der Waals surface area contributed by atoms with Crippen molar-refractivity contribution in [3.8, 4) is 5.75 Å². The van der Waals surface area contributed by atoms with Gasteiger partial charge in [-0.3, -0.25) is 0 Å². The van der Waals surface area contributed by atoms with Gasteiger partial charge in [0.2, 0.25) is 0 Å². The van der Waals surface area contributed by atoms with Crippen LogP contribution in [0.3, 0.4) is 0 Å². The lowest BCUT2D eigenvalue weighted by molar-refractivity contribution is 0.151. The summed E-state index contributed by atoms with van der Waals surface area (Å²) in [5, 5.41) is 20.7. The smallest absolute Gasteiger partial charge is 0.119 e. The maximum absolute atomic E-state index is 10.6. The van der Waals surface area contributed by atoms with E-state index in [0.29, 0.717) is 11.7 Å². The van der Waals surface area contributed by atoms with Crippen molar-refractivity contribution < 1.29 is 10.2 Å². The third-order valence-electron chi connectivity index (χ3n) is 5.80. The molecule has 0 radical (unpaired) electrons. The zero-order valence-electron chi connectivity index (χ0n) is 15.9. The second kappa shape index (κ2) is 8.89. The van der Waals surface area contributed by atoms with Gasteiger partial charge in [0.15, 0.2) is 0 Å². The van der Waals surface area contributed by atoms with E-state index in [1.54, 1.807) is 0 Å². The molecule has 2 N–H and O–H groups in total. The van der Waals surface area contributed by atoms with E-state index in [4.69, 9.17) is 0 Å². The van der Waals surface area contributed by atoms with Gasteiger partial charge in [-0.05, 0) is 54.2 Å². The molecule has 24 heavy (non-hydrogen) atoms. The minimum Gasteiger partial charge on any atom is -0.508 e. The van der Waals surface area contributed by atoms with Crippen LogP contribution in [0.15, 0.2) is 18.2 Å². The average Bonchev–Trinajstić information content (AvgIpc) is 2.76. The maximum Gasteiger partial charge on any atom is 0.119 e. The molecule has 0 spiro atoms. The van der Waals surface area contributed by atoms with Crippen molar-refractivity contribution in [1.29, 1.82) is 0 Å². The van der Waals surface area contributed by atoms with Crippen molar-refractivity contribution in [3.05, 3.63) is 29.3 Å². The van der Waals surface area contributed by atoms with Gasteiger partial charge in [-0.15, -0.1) is 0 Å². The van der Waals surface area contributed by atoms with Crippen molar-refractivity contribution in [2.24, 2.45) is 0 Å². The van der Waals surface area contributed by atoms with Crippen molar-refractivity contribution in [1.82, 2.24) is 0 Å². The number of hydrogen-bond acceptors (Lipinski definition) is 2. The Morgan fingerprint density at radius 2 is 1.83 bits per heavy atom. The number of benzene rings is 1. The maximum atomic E-state index is 10.6. The van der Waals surface area contributed by atoms with E-state index in [1.165, 1.54) is 31.2 Å². The van der Waals surface area contributed by atoms with Crippen LogP contribution in [-0.2, 0) is 5.41 Å². The van der Waals surface area contributed by atoms with Crippen molar-refractivity contribution in [2.75, 3.05) is 0 Å². The van der Waals surface area contributed by atoms with E-state index in [9.17, 15) is 10.2 Å². The molecule has 2 rings (SSSR count). The third kappa shape index (κ3) is 5.24. The summed E-state index contributed by atoms with van der Waals surface area (Å²) in [5.41, 5.74) is 2.36. The Hall–Kier alpha value is -1.02. The van der Waals surface area contributed by atoms with Gasteiger partial charge in [0.1, 0.15) is 5.75 Å². The zero-order chi connectivity index (χ0) is 17.6. The minimum atomic E-state index is -0.216. The SMILES string of the molecule is CCCCCCC(C)(C)c1ccc([C@H]2CCCC[C@@H](O)C2)c(O)c1. The molecule has 2 heteroatoms. The van der Waals surface area contributed by atoms with Gasteiger partial charge in [-0.25, -0.2) is 0 Å². The number of phenols is 1. The molecular formula is C22H36O2. The topological polar surface area (TPSA) is 40.5 Å². The number of hydrogen-bond donors (Lipinski definition) is 2. The summed E-state index contributed by atoms with van der Waals surface area (Å²) >= 11 is 0. The molecule has 0 bridgehead atoms. The van der Waals surface area contributed by atoms with E-state index in [-0.39, 0.29) is 11.5 Å². The Morgan fingerprint density at radius 3 is 2.54 bits per heavy atom. The lowest BCUT2D eigenvalue weighted by atomic mass is 9.78. The number of rotatable bonds is 7. The Balaban J connectivity index is 2.07. The molecule has 1 aliphatic carbocycles. The Kier molecular flexibility index (Phi) is 7.16. The lowest BCUT2D eigenvalue weighted by Gasteiger charge is -2.27. The fourth-order valence-electron chi connectivity index (χ4n) is 4.07. The number of aliphatic hydroxyl groups is 1. The average molecular weight is 333 g/mol. The van der Waals surface area contributed by atoms with Crippen molar-refractivity contribution in [2.45, 2.75) is 102 Å². The summed E-state index contributed by atoms with van der Waals surface area (Å²) in [4.78, 5) is 0. The normalized spacial score (nSPS) is 22.3. The van der Waals surface area contributed by atoms with Crippen LogP contribution in [-0.4, -0.2) is 16.3 Å². The van der Waals surface area contributed by atoms with Gasteiger partial charge >= 0.3 is 0 Å². The van der Waals surface area contributed by atoms with E-state index < -0.39 is 0 Å². The number of phenolic OH excluding ortho intramolecular Hbond substituents is 1. The van der Waals surface area contributed by atoms with Crippen LogP contribution in [0, 0.1) is 0 Å². The molecule has 1 saturated carbocycles. The summed E-state index contributed by atoms with van der Waals surface area (Å²) in [6.07, 6.45) is 11.1. The minimum absolute atomic E-state index is 0.104. The van der Waals surface area contributed by atoms with Crippen LogP contribution in [0.2, 0.25) is 0 Å². The largest absolute Gasteiger partial charge is 0.508 e. The fourth-order valence-corrected chi connectivity index (χ4v) is 4.07. The molecule has 1 aliphatic rings. The number of unbranched alkanes of at least 4 members (excludes halogenated alkanes) is 3. The Bertz CT molecular complexity index is 507. The van der Waals surface area contributed by atoms with Crippen LogP contribution < -0.4 is 0 Å². The summed E-state index contributed by atoms with van der Waals surface area (Å²) < 4.78 is 0. The predicted molar refractivity (Wildman–Crippen MR) is 102 cm³/mol. The second-order valence-electron chi connectivity index (χ2n) is 8.34. The predicted octanol–water partition coefficient (Wildman–Crippen LogP) is 6.05. The first-order chi connectivity index (χ1) is 11.4. The van der Waals surface area contributed by atoms with Gasteiger partial charge in [0.05, 0.1) is 6.10 Å². The molecule has 0 amide bonds. The molecule has 0 saturated heterocycles. The van der Waals surface area contributed by atoms with Crippen molar-refractivity contribution >= 4 is 0 Å². The second-order valence-corrected chi connectivity index (χ2v) is 8.34. The summed E-state index contributed by atoms with van der Waals surface area (Å²) in [6, 6.07) is 6.29. The first kappa shape index (κ1) is 19.3. The summed E-state index contributed by atoms with van der Waals surface area (Å²) in [5.74, 6) is 0.720. The van der Waals surface area contributed by atoms with E-state index >= 15 is 0 Å². The van der Waals surface area contributed by atoms with E-state index in [1.807, 2.05) is 6.07 Å². The number of aromatic hydroxyl groups is 1. The highest BCUT2D eigenvalue weighted by molar-refractivity contribution is 5.41. The molecule has 0 aliphatic heterocycles. The lowest BCUT2D eigenvalue weighted by Crippen LogP contribution is -2.17. The molecule has 1 fully saturated rings. The van der Waals surface area contributed by atoms with Crippen LogP contribution in [0.1, 0.15) is 102 Å². The highest BCUT2D eigenvalue weighted by Crippen LogP contribution is 2.39. The van der Waals surface area contributed by atoms with Crippen LogP contribution >= 0.6 is 0 Å². The Labute approximate surface area is 148 Å². The monoisotopic (exact) mass is 332 g/mol. The Morgan fingerprint density at radius 1 is 1.08 bits per heavy atom. The molecular weight excluding hydrogens is 296 g/mol. The van der Waals surface area contributed by atoms with Crippen molar-refractivity contribution in [3.63, 3.8) is 0 Å². The van der Waals surface area contributed by atoms with E-state index in [0.717, 1.165) is 44.1 Å². The number of aliphatic hydroxyl groups excluding tert-OH is 1. The van der Waals surface area contributed by atoms with E-state index in [2.05, 4.69) is 32.9 Å². The first-order valence-electron chi connectivity index (χ1n) is 9.95. The van der Waals surface area contributed by atoms with Gasteiger partial charge in [0.25, 0.3) is 0 Å². The van der Waals surface area contributed by atoms with Gasteiger partial charge in [-0.1, -0.05) is 71.4 Å². The third-order valence-corrected chi connectivity index (χ3v) is 5.80. The molecule has 0 heterocycles. The zero-order valence-corrected chi connectivity index (χ0v) is 15.9. The molecule has 2 atom stereocenters. The van der Waals surface area contributed by atoms with Crippen LogP contribution in [0.4, 0.5) is 0 Å². The highest BCUT2D eigenvalue weighted by atomic mass is 16.3. The molecule has 136 valence electrons. The summed E-state index contributed by atoms with van der Waals surface area (Å²) in [6.45, 7) is 6.80. The molecule has 0 aromatic heterocycles. The summed E-state index contributed by atoms with van der Waals surface area (Å²) in [7, 11) is 0. The van der Waals surface area contributed by atoms with Gasteiger partial charge < -0.3 is 10.2 Å². The standard InChI is InChI=1S/C22H36O2/c1-4-5-6-9-14-22(2,3)18-12-13-20(21(24)16-18)17-10-7-8-11-19(23)15-17/h12-13,16-17,19,23-24H,4-11,14-15H2,1-3H3/t17-,19+/m0/s1. The fraction of sp³-hybridized carbons (Fsp3) is 0.727. The highest BCUT2D eigenvalue weighted by Gasteiger charge is 2.25. The van der Waals surface area contributed by atoms with Crippen LogP contribution in [0.25, 0.3) is 0 Å².